The van der Waals surface area contributed by atoms with Crippen LogP contribution in [0.2, 0.25) is 5.15 Å². The second-order valence-corrected chi connectivity index (χ2v) is 4.99. The molecule has 84 valence electrons. The summed E-state index contributed by atoms with van der Waals surface area (Å²) < 4.78 is 0. The smallest absolute Gasteiger partial charge is 0.129 e. The van der Waals surface area contributed by atoms with Gasteiger partial charge in [-0.15, -0.1) is 0 Å². The van der Waals surface area contributed by atoms with Crippen LogP contribution < -0.4 is 5.32 Å². The summed E-state index contributed by atoms with van der Waals surface area (Å²) in [5.41, 5.74) is 2.62. The fraction of sp³-hybridized carbons (Fsp3) is 0.462. The summed E-state index contributed by atoms with van der Waals surface area (Å²) in [6, 6.07) is 5.19. The van der Waals surface area contributed by atoms with Crippen molar-refractivity contribution in [1.29, 1.82) is 0 Å². The Hall–Kier alpha value is -0.860. The highest BCUT2D eigenvalue weighted by molar-refractivity contribution is 6.29. The van der Waals surface area contributed by atoms with E-state index in [2.05, 4.69) is 22.4 Å². The fourth-order valence-electron chi connectivity index (χ4n) is 2.74. The van der Waals surface area contributed by atoms with Gasteiger partial charge in [-0.1, -0.05) is 23.7 Å². The molecule has 0 spiro atoms. The van der Waals surface area contributed by atoms with E-state index in [1.54, 1.807) is 0 Å². The Morgan fingerprint density at radius 2 is 2.19 bits per heavy atom. The van der Waals surface area contributed by atoms with Crippen molar-refractivity contribution in [1.82, 2.24) is 10.3 Å². The summed E-state index contributed by atoms with van der Waals surface area (Å²) >= 11 is 5.82. The van der Waals surface area contributed by atoms with Crippen LogP contribution in [0.5, 0.6) is 0 Å². The van der Waals surface area contributed by atoms with Crippen molar-refractivity contribution in [3.05, 3.63) is 35.1 Å². The number of halogens is 1. The van der Waals surface area contributed by atoms with Crippen molar-refractivity contribution in [2.24, 2.45) is 0 Å². The number of allylic oxidation sites excluding steroid dienone is 1. The molecule has 1 aromatic heterocycles. The van der Waals surface area contributed by atoms with Crippen LogP contribution in [-0.4, -0.2) is 17.1 Å². The standard InChI is InChI=1S/C13H15ClN2/c14-13-7-4-9(8-15-13)11-3-1-2-10-5-6-12(11)16-10/h3-4,7-8,10,12,16H,1-2,5-6H2/t10-,12+/m1/s1. The van der Waals surface area contributed by atoms with Crippen molar-refractivity contribution in [2.75, 3.05) is 0 Å². The number of hydrogen-bond donors (Lipinski definition) is 1. The highest BCUT2D eigenvalue weighted by Crippen LogP contribution is 2.31. The number of aromatic nitrogens is 1. The predicted molar refractivity (Wildman–Crippen MR) is 66.4 cm³/mol. The SMILES string of the molecule is Clc1ccc(C2=CCC[C@@H]3CC[C@@H]2N3)cn1. The minimum Gasteiger partial charge on any atom is -0.307 e. The van der Waals surface area contributed by atoms with Crippen molar-refractivity contribution < 1.29 is 0 Å². The van der Waals surface area contributed by atoms with Crippen LogP contribution in [-0.2, 0) is 0 Å². The molecule has 2 bridgehead atoms. The zero-order valence-electron chi connectivity index (χ0n) is 9.12. The number of rotatable bonds is 1. The first-order chi connectivity index (χ1) is 7.83. The maximum atomic E-state index is 5.82. The van der Waals surface area contributed by atoms with Crippen molar-refractivity contribution in [3.63, 3.8) is 0 Å². The van der Waals surface area contributed by atoms with Gasteiger partial charge >= 0.3 is 0 Å². The molecule has 2 aliphatic heterocycles. The molecule has 2 nitrogen and oxygen atoms in total. The van der Waals surface area contributed by atoms with Gasteiger partial charge in [0.2, 0.25) is 0 Å². The second-order valence-electron chi connectivity index (χ2n) is 4.60. The molecule has 0 unspecified atom stereocenters. The lowest BCUT2D eigenvalue weighted by Crippen LogP contribution is -2.28. The van der Waals surface area contributed by atoms with Gasteiger partial charge in [-0.25, -0.2) is 4.98 Å². The summed E-state index contributed by atoms with van der Waals surface area (Å²) in [5.74, 6) is 0. The number of hydrogen-bond acceptors (Lipinski definition) is 2. The lowest BCUT2D eigenvalue weighted by atomic mass is 9.95. The number of nitrogens with zero attached hydrogens (tertiary/aromatic N) is 1. The Morgan fingerprint density at radius 3 is 3.00 bits per heavy atom. The number of nitrogens with one attached hydrogen (secondary N) is 1. The Labute approximate surface area is 101 Å². The van der Waals surface area contributed by atoms with E-state index in [0.717, 1.165) is 6.04 Å². The molecule has 2 atom stereocenters. The highest BCUT2D eigenvalue weighted by Gasteiger charge is 2.28. The fourth-order valence-corrected chi connectivity index (χ4v) is 2.85. The molecule has 1 fully saturated rings. The lowest BCUT2D eigenvalue weighted by Gasteiger charge is -2.15. The predicted octanol–water partition coefficient (Wildman–Crippen LogP) is 3.03. The third kappa shape index (κ3) is 1.87. The summed E-state index contributed by atoms with van der Waals surface area (Å²) in [5, 5.41) is 4.25. The summed E-state index contributed by atoms with van der Waals surface area (Å²) in [7, 11) is 0. The lowest BCUT2D eigenvalue weighted by molar-refractivity contribution is 0.559. The van der Waals surface area contributed by atoms with Gasteiger partial charge in [-0.2, -0.15) is 0 Å². The molecule has 1 N–H and O–H groups in total. The average Bonchev–Trinajstić information content (AvgIpc) is 2.63. The highest BCUT2D eigenvalue weighted by atomic mass is 35.5. The molecule has 1 aromatic rings. The minimum absolute atomic E-state index is 0.524. The minimum atomic E-state index is 0.524. The van der Waals surface area contributed by atoms with Gasteiger partial charge in [0, 0.05) is 18.3 Å². The summed E-state index contributed by atoms with van der Waals surface area (Å²) in [4.78, 5) is 4.16. The van der Waals surface area contributed by atoms with Crippen LogP contribution in [0.25, 0.3) is 5.57 Å². The van der Waals surface area contributed by atoms with Crippen LogP contribution in [0.15, 0.2) is 24.4 Å². The monoisotopic (exact) mass is 234 g/mol. The van der Waals surface area contributed by atoms with Gasteiger partial charge in [0.05, 0.1) is 0 Å². The molecule has 16 heavy (non-hydrogen) atoms. The molecule has 0 radical (unpaired) electrons. The molecule has 2 aliphatic rings. The second kappa shape index (κ2) is 4.19. The zero-order valence-corrected chi connectivity index (χ0v) is 9.87. The molecule has 3 rings (SSSR count). The quantitative estimate of drug-likeness (QED) is 0.756. The first-order valence-corrected chi connectivity index (χ1v) is 6.29. The van der Waals surface area contributed by atoms with Crippen molar-refractivity contribution in [2.45, 2.75) is 37.8 Å². The van der Waals surface area contributed by atoms with Crippen LogP contribution in [0.3, 0.4) is 0 Å². The Kier molecular flexibility index (Phi) is 2.70. The van der Waals surface area contributed by atoms with Gasteiger partial charge in [-0.3, -0.25) is 0 Å². The molecular weight excluding hydrogens is 220 g/mol. The van der Waals surface area contributed by atoms with Gasteiger partial charge < -0.3 is 5.32 Å². The van der Waals surface area contributed by atoms with Gasteiger partial charge in [0.25, 0.3) is 0 Å². The average molecular weight is 235 g/mol. The molecule has 0 amide bonds. The Balaban J connectivity index is 1.92. The van der Waals surface area contributed by atoms with Gasteiger partial charge in [0.1, 0.15) is 5.15 Å². The van der Waals surface area contributed by atoms with Gasteiger partial charge in [0.15, 0.2) is 0 Å². The Morgan fingerprint density at radius 1 is 1.25 bits per heavy atom. The van der Waals surface area contributed by atoms with E-state index in [4.69, 9.17) is 11.6 Å². The molecule has 0 saturated carbocycles. The summed E-state index contributed by atoms with van der Waals surface area (Å²) in [6.45, 7) is 0. The van der Waals surface area contributed by atoms with Crippen LogP contribution >= 0.6 is 11.6 Å². The summed E-state index contributed by atoms with van der Waals surface area (Å²) in [6.07, 6.45) is 9.24. The maximum Gasteiger partial charge on any atom is 0.129 e. The van der Waals surface area contributed by atoms with E-state index in [1.807, 2.05) is 12.3 Å². The molecule has 3 heteroatoms. The first-order valence-electron chi connectivity index (χ1n) is 5.91. The van der Waals surface area contributed by atoms with Gasteiger partial charge in [-0.05, 0) is 42.9 Å². The third-order valence-corrected chi connectivity index (χ3v) is 3.78. The normalized spacial score (nSPS) is 28.7. The van der Waals surface area contributed by atoms with Crippen LogP contribution in [0.1, 0.15) is 31.2 Å². The topological polar surface area (TPSA) is 24.9 Å². The van der Waals surface area contributed by atoms with E-state index in [-0.39, 0.29) is 0 Å². The molecule has 3 heterocycles. The number of pyridine rings is 1. The van der Waals surface area contributed by atoms with Crippen LogP contribution in [0, 0.1) is 0 Å². The zero-order chi connectivity index (χ0) is 11.0. The largest absolute Gasteiger partial charge is 0.307 e. The molecule has 0 aromatic carbocycles. The van der Waals surface area contributed by atoms with E-state index < -0.39 is 0 Å². The number of fused-ring (bicyclic) bond motifs is 2. The van der Waals surface area contributed by atoms with Crippen molar-refractivity contribution >= 4 is 17.2 Å². The molecule has 0 aliphatic carbocycles. The molecule has 1 saturated heterocycles. The molecular formula is C13H15ClN2. The maximum absolute atomic E-state index is 5.82. The van der Waals surface area contributed by atoms with E-state index in [0.29, 0.717) is 11.2 Å². The first kappa shape index (κ1) is 10.3. The van der Waals surface area contributed by atoms with E-state index in [1.165, 1.54) is 36.8 Å². The van der Waals surface area contributed by atoms with E-state index in [9.17, 15) is 0 Å². The van der Waals surface area contributed by atoms with E-state index >= 15 is 0 Å². The van der Waals surface area contributed by atoms with Crippen LogP contribution in [0.4, 0.5) is 0 Å². The Bertz CT molecular complexity index is 410. The van der Waals surface area contributed by atoms with Crippen molar-refractivity contribution in [3.8, 4) is 0 Å². The third-order valence-electron chi connectivity index (χ3n) is 3.56.